The summed E-state index contributed by atoms with van der Waals surface area (Å²) in [5.74, 6) is 1.72. The van der Waals surface area contributed by atoms with Crippen LogP contribution in [0, 0.1) is 5.82 Å². The van der Waals surface area contributed by atoms with E-state index in [9.17, 15) is 9.18 Å². The molecule has 118 valence electrons. The fraction of sp³-hybridized carbons (Fsp3) is 0.250. The predicted molar refractivity (Wildman–Crippen MR) is 91.7 cm³/mol. The van der Waals surface area contributed by atoms with Crippen molar-refractivity contribution in [3.8, 4) is 11.3 Å². The summed E-state index contributed by atoms with van der Waals surface area (Å²) < 4.78 is 15.2. The van der Waals surface area contributed by atoms with Crippen molar-refractivity contribution >= 4 is 34.0 Å². The van der Waals surface area contributed by atoms with Crippen molar-refractivity contribution in [3.05, 3.63) is 47.4 Å². The Bertz CT molecular complexity index is 867. The van der Waals surface area contributed by atoms with Gasteiger partial charge in [-0.3, -0.25) is 9.20 Å². The molecule has 1 fully saturated rings. The molecule has 0 unspecified atom stereocenters. The minimum absolute atomic E-state index is 0.0414. The lowest BCUT2D eigenvalue weighted by Gasteiger charge is -2.25. The maximum absolute atomic E-state index is 13.4. The van der Waals surface area contributed by atoms with E-state index in [4.69, 9.17) is 0 Å². The molecule has 1 amide bonds. The van der Waals surface area contributed by atoms with Gasteiger partial charge in [-0.2, -0.15) is 11.8 Å². The Morgan fingerprint density at radius 1 is 1.26 bits per heavy atom. The van der Waals surface area contributed by atoms with Gasteiger partial charge in [0, 0.05) is 41.7 Å². The van der Waals surface area contributed by atoms with Crippen LogP contribution in [0.5, 0.6) is 0 Å². The summed E-state index contributed by atoms with van der Waals surface area (Å²) in [6.45, 7) is 1.57. The Hall–Kier alpha value is -1.86. The number of imidazole rings is 1. The smallest absolute Gasteiger partial charge is 0.271 e. The third kappa shape index (κ3) is 2.74. The molecule has 0 spiro atoms. The molecule has 23 heavy (non-hydrogen) atoms. The van der Waals surface area contributed by atoms with E-state index in [0.717, 1.165) is 29.6 Å². The number of rotatable bonds is 2. The molecule has 1 aromatic carbocycles. The molecule has 4 nitrogen and oxygen atoms in total. The van der Waals surface area contributed by atoms with E-state index in [1.54, 1.807) is 6.07 Å². The van der Waals surface area contributed by atoms with Crippen molar-refractivity contribution in [2.75, 3.05) is 24.6 Å². The number of thioether (sulfide) groups is 1. The Balaban J connectivity index is 1.70. The monoisotopic (exact) mass is 347 g/mol. The summed E-state index contributed by atoms with van der Waals surface area (Å²) >= 11 is 3.31. The molecule has 4 rings (SSSR count). The normalized spacial score (nSPS) is 15.3. The second-order valence-electron chi connectivity index (χ2n) is 5.31. The summed E-state index contributed by atoms with van der Waals surface area (Å²) in [6, 6.07) is 6.34. The number of benzene rings is 1. The lowest BCUT2D eigenvalue weighted by Crippen LogP contribution is -2.38. The largest absolute Gasteiger partial charge is 0.336 e. The first-order chi connectivity index (χ1) is 11.2. The zero-order valence-electron chi connectivity index (χ0n) is 12.2. The molecule has 3 aromatic rings. The first-order valence-corrected chi connectivity index (χ1v) is 9.35. The van der Waals surface area contributed by atoms with E-state index in [0.29, 0.717) is 17.0 Å². The second kappa shape index (κ2) is 5.98. The van der Waals surface area contributed by atoms with Gasteiger partial charge in [-0.1, -0.05) is 12.1 Å². The maximum atomic E-state index is 13.4. The molecule has 0 N–H and O–H groups in total. The van der Waals surface area contributed by atoms with Crippen molar-refractivity contribution in [1.29, 1.82) is 0 Å². The zero-order valence-corrected chi connectivity index (χ0v) is 13.9. The van der Waals surface area contributed by atoms with Gasteiger partial charge >= 0.3 is 0 Å². The van der Waals surface area contributed by atoms with Gasteiger partial charge in [0.25, 0.3) is 5.91 Å². The van der Waals surface area contributed by atoms with E-state index < -0.39 is 0 Å². The number of hydrogen-bond acceptors (Lipinski definition) is 4. The number of thiazole rings is 1. The van der Waals surface area contributed by atoms with Crippen LogP contribution in [0.3, 0.4) is 0 Å². The van der Waals surface area contributed by atoms with Gasteiger partial charge in [-0.05, 0) is 12.1 Å². The van der Waals surface area contributed by atoms with E-state index in [-0.39, 0.29) is 11.7 Å². The zero-order chi connectivity index (χ0) is 15.8. The molecular formula is C16H14FN3OS2. The highest BCUT2D eigenvalue weighted by molar-refractivity contribution is 7.99. The molecule has 0 aliphatic carbocycles. The number of fused-ring (bicyclic) bond motifs is 1. The highest BCUT2D eigenvalue weighted by Gasteiger charge is 2.22. The van der Waals surface area contributed by atoms with Gasteiger partial charge in [0.15, 0.2) is 4.96 Å². The van der Waals surface area contributed by atoms with E-state index in [2.05, 4.69) is 4.98 Å². The van der Waals surface area contributed by atoms with E-state index >= 15 is 0 Å². The molecule has 0 saturated carbocycles. The lowest BCUT2D eigenvalue weighted by molar-refractivity contribution is 0.0765. The van der Waals surface area contributed by atoms with Crippen LogP contribution in [-0.2, 0) is 0 Å². The Morgan fingerprint density at radius 2 is 2.09 bits per heavy atom. The fourth-order valence-electron chi connectivity index (χ4n) is 2.65. The molecule has 0 radical (unpaired) electrons. The number of amides is 1. The van der Waals surface area contributed by atoms with Crippen molar-refractivity contribution in [1.82, 2.24) is 14.3 Å². The molecule has 1 saturated heterocycles. The average Bonchev–Trinajstić information content (AvgIpc) is 3.15. The summed E-state index contributed by atoms with van der Waals surface area (Å²) in [7, 11) is 0. The number of hydrogen-bond donors (Lipinski definition) is 0. The Morgan fingerprint density at radius 3 is 2.87 bits per heavy atom. The predicted octanol–water partition coefficient (Wildman–Crippen LogP) is 3.39. The molecule has 1 aliphatic rings. The van der Waals surface area contributed by atoms with Crippen LogP contribution < -0.4 is 0 Å². The second-order valence-corrected chi connectivity index (χ2v) is 7.38. The molecule has 2 aromatic heterocycles. The van der Waals surface area contributed by atoms with Gasteiger partial charge in [0.05, 0.1) is 5.69 Å². The van der Waals surface area contributed by atoms with Crippen LogP contribution in [0.15, 0.2) is 35.8 Å². The Kier molecular flexibility index (Phi) is 3.82. The van der Waals surface area contributed by atoms with Crippen LogP contribution in [0.2, 0.25) is 0 Å². The molecule has 7 heteroatoms. The summed E-state index contributed by atoms with van der Waals surface area (Å²) in [5, 5.41) is 1.85. The minimum atomic E-state index is -0.291. The quantitative estimate of drug-likeness (QED) is 0.713. The fourth-order valence-corrected chi connectivity index (χ4v) is 4.40. The first kappa shape index (κ1) is 14.7. The van der Waals surface area contributed by atoms with Crippen LogP contribution >= 0.6 is 23.1 Å². The van der Waals surface area contributed by atoms with Gasteiger partial charge in [-0.15, -0.1) is 11.3 Å². The van der Waals surface area contributed by atoms with Crippen molar-refractivity contribution < 1.29 is 9.18 Å². The molecule has 1 aliphatic heterocycles. The molecule has 3 heterocycles. The molecular weight excluding hydrogens is 333 g/mol. The van der Waals surface area contributed by atoms with E-state index in [1.165, 1.54) is 23.5 Å². The number of aromatic nitrogens is 2. The number of halogens is 1. The van der Waals surface area contributed by atoms with Gasteiger partial charge in [0.2, 0.25) is 0 Å². The topological polar surface area (TPSA) is 37.6 Å². The number of carbonyl (C=O) groups is 1. The maximum Gasteiger partial charge on any atom is 0.271 e. The van der Waals surface area contributed by atoms with E-state index in [1.807, 2.05) is 38.7 Å². The van der Waals surface area contributed by atoms with Gasteiger partial charge in [-0.25, -0.2) is 9.37 Å². The Labute approximate surface area is 140 Å². The number of carbonyl (C=O) groups excluding carboxylic acids is 1. The highest BCUT2D eigenvalue weighted by atomic mass is 32.2. The third-order valence-electron chi connectivity index (χ3n) is 3.85. The van der Waals surface area contributed by atoms with Crippen LogP contribution in [0.25, 0.3) is 16.2 Å². The summed E-state index contributed by atoms with van der Waals surface area (Å²) in [5.41, 5.74) is 2.03. The SMILES string of the molecule is O=C(c1csc2nc(-c3cccc(F)c3)cn12)N1CCSCC1. The van der Waals surface area contributed by atoms with Crippen LogP contribution in [0.4, 0.5) is 4.39 Å². The van der Waals surface area contributed by atoms with Crippen molar-refractivity contribution in [3.63, 3.8) is 0 Å². The minimum Gasteiger partial charge on any atom is -0.336 e. The summed E-state index contributed by atoms with van der Waals surface area (Å²) in [4.78, 5) is 19.8. The first-order valence-electron chi connectivity index (χ1n) is 7.32. The highest BCUT2D eigenvalue weighted by Crippen LogP contribution is 2.25. The average molecular weight is 347 g/mol. The summed E-state index contributed by atoms with van der Waals surface area (Å²) in [6.07, 6.45) is 1.81. The van der Waals surface area contributed by atoms with Crippen LogP contribution in [-0.4, -0.2) is 44.8 Å². The van der Waals surface area contributed by atoms with Crippen molar-refractivity contribution in [2.45, 2.75) is 0 Å². The third-order valence-corrected chi connectivity index (χ3v) is 5.63. The molecule has 0 bridgehead atoms. The van der Waals surface area contributed by atoms with Crippen molar-refractivity contribution in [2.24, 2.45) is 0 Å². The van der Waals surface area contributed by atoms with Gasteiger partial charge < -0.3 is 4.90 Å². The van der Waals surface area contributed by atoms with Gasteiger partial charge in [0.1, 0.15) is 11.5 Å². The lowest BCUT2D eigenvalue weighted by atomic mass is 10.2. The molecule has 0 atom stereocenters. The standard InChI is InChI=1S/C16H14FN3OS2/c17-12-3-1-2-11(8-12)13-9-20-14(10-23-16(20)18-13)15(21)19-4-6-22-7-5-19/h1-3,8-10H,4-7H2. The number of nitrogens with zero attached hydrogens (tertiary/aromatic N) is 3. The van der Waals surface area contributed by atoms with Crippen LogP contribution in [0.1, 0.15) is 10.5 Å².